The summed E-state index contributed by atoms with van der Waals surface area (Å²) in [6.07, 6.45) is 1.72. The van der Waals surface area contributed by atoms with Crippen molar-refractivity contribution in [2.75, 3.05) is 49.6 Å². The molecule has 10 heteroatoms. The minimum absolute atomic E-state index is 0.00131. The van der Waals surface area contributed by atoms with Crippen molar-refractivity contribution in [3.8, 4) is 0 Å². The number of amides is 2. The molecule has 10 nitrogen and oxygen atoms in total. The minimum Gasteiger partial charge on any atom is -0.378 e. The fourth-order valence-corrected chi connectivity index (χ4v) is 4.01. The molecule has 0 atom stereocenters. The summed E-state index contributed by atoms with van der Waals surface area (Å²) in [4.78, 5) is 39.7. The van der Waals surface area contributed by atoms with Crippen molar-refractivity contribution in [3.05, 3.63) is 64.8 Å². The second-order valence-corrected chi connectivity index (χ2v) is 8.05. The number of likely N-dealkylation sites (N-methyl/N-ethyl adjacent to an activating group) is 1. The second-order valence-electron chi connectivity index (χ2n) is 8.05. The van der Waals surface area contributed by atoms with Gasteiger partial charge in [-0.2, -0.15) is 0 Å². The molecule has 2 aromatic carbocycles. The summed E-state index contributed by atoms with van der Waals surface area (Å²) in [6.45, 7) is 5.27. The Kier molecular flexibility index (Phi) is 7.07. The van der Waals surface area contributed by atoms with E-state index in [2.05, 4.69) is 10.2 Å². The zero-order chi connectivity index (χ0) is 24.1. The topological polar surface area (TPSA) is 110 Å². The number of nitrogens with zero attached hydrogens (tertiary/aromatic N) is 4. The summed E-state index contributed by atoms with van der Waals surface area (Å²) in [7, 11) is 0. The number of fused-ring (bicyclic) bond motifs is 1. The quantitative estimate of drug-likeness (QED) is 0.405. The second kappa shape index (κ2) is 10.3. The Bertz CT molecular complexity index is 1180. The predicted molar refractivity (Wildman–Crippen MR) is 129 cm³/mol. The number of carbonyl (C=O) groups excluding carboxylic acids is 2. The molecule has 1 N–H and O–H groups in total. The van der Waals surface area contributed by atoms with Gasteiger partial charge < -0.3 is 24.4 Å². The Morgan fingerprint density at radius 3 is 2.53 bits per heavy atom. The maximum Gasteiger partial charge on any atom is 0.270 e. The van der Waals surface area contributed by atoms with Crippen LogP contribution in [0.4, 0.5) is 17.1 Å². The lowest BCUT2D eigenvalue weighted by Crippen LogP contribution is -2.39. The number of anilines is 2. The summed E-state index contributed by atoms with van der Waals surface area (Å²) >= 11 is 0. The summed E-state index contributed by atoms with van der Waals surface area (Å²) in [5, 5.41) is 14.5. The molecular formula is C24H27N5O5. The minimum atomic E-state index is -0.449. The van der Waals surface area contributed by atoms with Crippen LogP contribution in [0.15, 0.2) is 54.7 Å². The first-order valence-electron chi connectivity index (χ1n) is 11.2. The van der Waals surface area contributed by atoms with Crippen LogP contribution in [0.1, 0.15) is 6.92 Å². The largest absolute Gasteiger partial charge is 0.378 e. The molecule has 34 heavy (non-hydrogen) atoms. The zero-order valence-corrected chi connectivity index (χ0v) is 19.0. The summed E-state index contributed by atoms with van der Waals surface area (Å²) in [6, 6.07) is 13.9. The number of benzene rings is 2. The number of carbonyl (C=O) groups is 2. The molecule has 0 radical (unpaired) electrons. The van der Waals surface area contributed by atoms with E-state index in [1.54, 1.807) is 22.9 Å². The van der Waals surface area contributed by atoms with Crippen molar-refractivity contribution in [2.45, 2.75) is 13.5 Å². The highest BCUT2D eigenvalue weighted by atomic mass is 16.6. The number of hydrogen-bond donors (Lipinski definition) is 1. The lowest BCUT2D eigenvalue weighted by atomic mass is 10.2. The van der Waals surface area contributed by atoms with E-state index in [0.29, 0.717) is 30.8 Å². The van der Waals surface area contributed by atoms with Crippen LogP contribution >= 0.6 is 0 Å². The fraction of sp³-hybridized carbons (Fsp3) is 0.333. The first-order valence-corrected chi connectivity index (χ1v) is 11.2. The molecule has 2 heterocycles. The number of nitrogens with one attached hydrogen (secondary N) is 1. The van der Waals surface area contributed by atoms with Crippen LogP contribution in [0.3, 0.4) is 0 Å². The third-order valence-corrected chi connectivity index (χ3v) is 5.87. The smallest absolute Gasteiger partial charge is 0.270 e. The SMILES string of the molecule is CCN(CC(=O)Nc1ccc(N2CCOCC2)cc1)C(=O)Cn1ccc2cc([N+](=O)[O-])ccc21. The molecule has 1 saturated heterocycles. The molecule has 1 aliphatic heterocycles. The Morgan fingerprint density at radius 2 is 1.85 bits per heavy atom. The van der Waals surface area contributed by atoms with Crippen molar-refractivity contribution in [1.29, 1.82) is 0 Å². The molecule has 0 bridgehead atoms. The van der Waals surface area contributed by atoms with Crippen LogP contribution in [0.2, 0.25) is 0 Å². The highest BCUT2D eigenvalue weighted by molar-refractivity contribution is 5.95. The first-order chi connectivity index (χ1) is 16.4. The van der Waals surface area contributed by atoms with Gasteiger partial charge in [0.15, 0.2) is 0 Å². The third kappa shape index (κ3) is 5.34. The first kappa shape index (κ1) is 23.2. The number of ether oxygens (including phenoxy) is 1. The standard InChI is InChI=1S/C24H27N5O5/c1-2-26(24(31)17-28-10-9-18-15-21(29(32)33)7-8-22(18)28)16-23(30)25-19-3-5-20(6-4-19)27-11-13-34-14-12-27/h3-10,15H,2,11-14,16-17H2,1H3,(H,25,30). The number of hydrogen-bond acceptors (Lipinski definition) is 6. The van der Waals surface area contributed by atoms with E-state index in [-0.39, 0.29) is 30.6 Å². The van der Waals surface area contributed by atoms with Crippen LogP contribution in [-0.2, 0) is 20.9 Å². The van der Waals surface area contributed by atoms with E-state index in [4.69, 9.17) is 4.74 Å². The third-order valence-electron chi connectivity index (χ3n) is 5.87. The maximum absolute atomic E-state index is 12.9. The number of aromatic nitrogens is 1. The highest BCUT2D eigenvalue weighted by Gasteiger charge is 2.18. The van der Waals surface area contributed by atoms with Crippen molar-refractivity contribution in [1.82, 2.24) is 9.47 Å². The summed E-state index contributed by atoms with van der Waals surface area (Å²) in [5.74, 6) is -0.488. The summed E-state index contributed by atoms with van der Waals surface area (Å²) in [5.41, 5.74) is 2.47. The molecule has 0 aliphatic carbocycles. The Hall–Kier alpha value is -3.92. The number of nitro groups is 1. The van der Waals surface area contributed by atoms with Crippen LogP contribution < -0.4 is 10.2 Å². The molecule has 0 spiro atoms. The van der Waals surface area contributed by atoms with Gasteiger partial charge in [-0.25, -0.2) is 0 Å². The van der Waals surface area contributed by atoms with Crippen LogP contribution in [0, 0.1) is 10.1 Å². The Labute approximate surface area is 196 Å². The van der Waals surface area contributed by atoms with Crippen LogP contribution in [0.25, 0.3) is 10.9 Å². The van der Waals surface area contributed by atoms with Gasteiger partial charge in [-0.05, 0) is 43.3 Å². The molecule has 3 aromatic rings. The molecule has 2 amide bonds. The van der Waals surface area contributed by atoms with Gasteiger partial charge in [0.1, 0.15) is 6.54 Å². The Balaban J connectivity index is 1.35. The van der Waals surface area contributed by atoms with E-state index in [1.807, 2.05) is 31.2 Å². The van der Waals surface area contributed by atoms with Gasteiger partial charge in [-0.3, -0.25) is 19.7 Å². The van der Waals surface area contributed by atoms with Gasteiger partial charge >= 0.3 is 0 Å². The van der Waals surface area contributed by atoms with E-state index < -0.39 is 4.92 Å². The van der Waals surface area contributed by atoms with E-state index >= 15 is 0 Å². The monoisotopic (exact) mass is 465 g/mol. The molecule has 178 valence electrons. The van der Waals surface area contributed by atoms with E-state index in [0.717, 1.165) is 24.3 Å². The van der Waals surface area contributed by atoms with Crippen molar-refractivity contribution >= 4 is 39.8 Å². The van der Waals surface area contributed by atoms with Gasteiger partial charge in [0.2, 0.25) is 11.8 Å². The fourth-order valence-electron chi connectivity index (χ4n) is 4.01. The number of rotatable bonds is 8. The highest BCUT2D eigenvalue weighted by Crippen LogP contribution is 2.22. The molecular weight excluding hydrogens is 438 g/mol. The van der Waals surface area contributed by atoms with Crippen LogP contribution in [-0.4, -0.2) is 65.6 Å². The molecule has 1 aromatic heterocycles. The lowest BCUT2D eigenvalue weighted by Gasteiger charge is -2.29. The van der Waals surface area contributed by atoms with Crippen LogP contribution in [0.5, 0.6) is 0 Å². The zero-order valence-electron chi connectivity index (χ0n) is 19.0. The number of non-ortho nitro benzene ring substituents is 1. The molecule has 1 fully saturated rings. The van der Waals surface area contributed by atoms with Crippen molar-refractivity contribution < 1.29 is 19.2 Å². The predicted octanol–water partition coefficient (Wildman–Crippen LogP) is 2.87. The Morgan fingerprint density at radius 1 is 1.12 bits per heavy atom. The number of nitro benzene ring substituents is 1. The van der Waals surface area contributed by atoms with Gasteiger partial charge in [-0.15, -0.1) is 0 Å². The van der Waals surface area contributed by atoms with Crippen molar-refractivity contribution in [3.63, 3.8) is 0 Å². The van der Waals surface area contributed by atoms with Gasteiger partial charge in [0.05, 0.1) is 24.7 Å². The summed E-state index contributed by atoms with van der Waals surface area (Å²) < 4.78 is 7.10. The van der Waals surface area contributed by atoms with Gasteiger partial charge in [0, 0.05) is 60.2 Å². The molecule has 0 unspecified atom stereocenters. The molecule has 4 rings (SSSR count). The lowest BCUT2D eigenvalue weighted by molar-refractivity contribution is -0.384. The van der Waals surface area contributed by atoms with E-state index in [9.17, 15) is 19.7 Å². The molecule has 0 saturated carbocycles. The van der Waals surface area contributed by atoms with Crippen molar-refractivity contribution in [2.24, 2.45) is 0 Å². The average molecular weight is 466 g/mol. The van der Waals surface area contributed by atoms with Gasteiger partial charge in [-0.1, -0.05) is 0 Å². The molecule has 1 aliphatic rings. The maximum atomic E-state index is 12.9. The number of morpholine rings is 1. The average Bonchev–Trinajstić information content (AvgIpc) is 3.25. The van der Waals surface area contributed by atoms with E-state index in [1.165, 1.54) is 17.0 Å². The van der Waals surface area contributed by atoms with Gasteiger partial charge in [0.25, 0.3) is 5.69 Å². The normalized spacial score (nSPS) is 13.6.